The first kappa shape index (κ1) is 16.3. The molecule has 0 radical (unpaired) electrons. The standard InChI is InChI=1S/C16H20N4O4/c21-13(18-24)10-14(22)19-8-6-16(7-9-19)15(23)17-11-20(16)12-4-2-1-3-5-12/h1-5,24H,6-11H2,(H,17,23)(H,18,21). The van der Waals surface area contributed by atoms with Crippen LogP contribution in [0.15, 0.2) is 30.3 Å². The van der Waals surface area contributed by atoms with Crippen LogP contribution in [0, 0.1) is 0 Å². The maximum Gasteiger partial charge on any atom is 0.252 e. The molecule has 0 bridgehead atoms. The van der Waals surface area contributed by atoms with E-state index >= 15 is 0 Å². The SMILES string of the molecule is O=C(CC(=O)N1CCC2(CC1)C(=O)NCN2c1ccccc1)NO. The molecule has 0 atom stereocenters. The van der Waals surface area contributed by atoms with Crippen LogP contribution in [0.1, 0.15) is 19.3 Å². The van der Waals surface area contributed by atoms with E-state index in [-0.39, 0.29) is 11.8 Å². The zero-order chi connectivity index (χ0) is 17.2. The summed E-state index contributed by atoms with van der Waals surface area (Å²) in [6.45, 7) is 1.24. The number of piperidine rings is 1. The summed E-state index contributed by atoms with van der Waals surface area (Å²) in [5.74, 6) is -1.10. The first-order chi connectivity index (χ1) is 11.6. The van der Waals surface area contributed by atoms with Gasteiger partial charge in [-0.2, -0.15) is 0 Å². The van der Waals surface area contributed by atoms with Crippen molar-refractivity contribution in [3.05, 3.63) is 30.3 Å². The van der Waals surface area contributed by atoms with Gasteiger partial charge in [0.25, 0.3) is 5.91 Å². The van der Waals surface area contributed by atoms with E-state index in [4.69, 9.17) is 5.21 Å². The lowest BCUT2D eigenvalue weighted by Gasteiger charge is -2.43. The molecule has 1 aromatic rings. The van der Waals surface area contributed by atoms with Gasteiger partial charge in [-0.15, -0.1) is 0 Å². The predicted octanol–water partition coefficient (Wildman–Crippen LogP) is -0.163. The average molecular weight is 332 g/mol. The highest BCUT2D eigenvalue weighted by atomic mass is 16.5. The van der Waals surface area contributed by atoms with Crippen LogP contribution >= 0.6 is 0 Å². The fourth-order valence-corrected chi connectivity index (χ4v) is 3.45. The fourth-order valence-electron chi connectivity index (χ4n) is 3.45. The molecular formula is C16H20N4O4. The molecule has 2 heterocycles. The van der Waals surface area contributed by atoms with Gasteiger partial charge < -0.3 is 15.1 Å². The molecule has 0 aliphatic carbocycles. The molecule has 8 heteroatoms. The summed E-state index contributed by atoms with van der Waals surface area (Å²) >= 11 is 0. The Kier molecular flexibility index (Phi) is 4.39. The van der Waals surface area contributed by atoms with Gasteiger partial charge in [0.1, 0.15) is 12.0 Å². The van der Waals surface area contributed by atoms with Gasteiger partial charge in [-0.3, -0.25) is 19.6 Å². The topological polar surface area (TPSA) is 102 Å². The Morgan fingerprint density at radius 3 is 2.50 bits per heavy atom. The zero-order valence-corrected chi connectivity index (χ0v) is 13.2. The smallest absolute Gasteiger partial charge is 0.252 e. The molecule has 128 valence electrons. The van der Waals surface area contributed by atoms with E-state index in [0.717, 1.165) is 5.69 Å². The number of carbonyl (C=O) groups is 3. The van der Waals surface area contributed by atoms with Crippen molar-refractivity contribution in [1.82, 2.24) is 15.7 Å². The van der Waals surface area contributed by atoms with Crippen molar-refractivity contribution in [3.63, 3.8) is 0 Å². The van der Waals surface area contributed by atoms with E-state index in [0.29, 0.717) is 32.6 Å². The van der Waals surface area contributed by atoms with Gasteiger partial charge in [-0.25, -0.2) is 5.48 Å². The first-order valence-corrected chi connectivity index (χ1v) is 7.88. The largest absolute Gasteiger partial charge is 0.342 e. The van der Waals surface area contributed by atoms with Crippen molar-refractivity contribution in [1.29, 1.82) is 0 Å². The Balaban J connectivity index is 1.72. The molecule has 0 unspecified atom stereocenters. The van der Waals surface area contributed by atoms with Crippen LogP contribution in [0.4, 0.5) is 5.69 Å². The molecular weight excluding hydrogens is 312 g/mol. The predicted molar refractivity (Wildman–Crippen MR) is 85.0 cm³/mol. The number of nitrogens with zero attached hydrogens (tertiary/aromatic N) is 2. The molecule has 2 aliphatic rings. The summed E-state index contributed by atoms with van der Waals surface area (Å²) in [5.41, 5.74) is 1.77. The van der Waals surface area contributed by atoms with Crippen molar-refractivity contribution in [2.24, 2.45) is 0 Å². The Hall–Kier alpha value is -2.61. The monoisotopic (exact) mass is 332 g/mol. The number of hydroxylamine groups is 1. The van der Waals surface area contributed by atoms with E-state index in [1.54, 1.807) is 4.90 Å². The minimum absolute atomic E-state index is 0.0217. The number of carbonyl (C=O) groups excluding carboxylic acids is 3. The molecule has 24 heavy (non-hydrogen) atoms. The second-order valence-corrected chi connectivity index (χ2v) is 6.05. The molecule has 3 N–H and O–H groups in total. The van der Waals surface area contributed by atoms with Crippen LogP contribution < -0.4 is 15.7 Å². The second kappa shape index (κ2) is 6.48. The maximum absolute atomic E-state index is 12.5. The summed E-state index contributed by atoms with van der Waals surface area (Å²) in [6.07, 6.45) is 0.610. The Morgan fingerprint density at radius 1 is 1.21 bits per heavy atom. The Labute approximate surface area is 139 Å². The van der Waals surface area contributed by atoms with Crippen LogP contribution in [-0.4, -0.2) is 53.1 Å². The average Bonchev–Trinajstić information content (AvgIpc) is 2.92. The first-order valence-electron chi connectivity index (χ1n) is 7.88. The Bertz CT molecular complexity index is 641. The summed E-state index contributed by atoms with van der Waals surface area (Å²) in [7, 11) is 0. The third-order valence-electron chi connectivity index (χ3n) is 4.78. The number of nitrogens with one attached hydrogen (secondary N) is 2. The zero-order valence-electron chi connectivity index (χ0n) is 13.2. The molecule has 3 amide bonds. The van der Waals surface area contributed by atoms with Crippen LogP contribution in [-0.2, 0) is 14.4 Å². The number of likely N-dealkylation sites (tertiary alicyclic amines) is 1. The number of amides is 3. The lowest BCUT2D eigenvalue weighted by molar-refractivity contribution is -0.141. The van der Waals surface area contributed by atoms with Gasteiger partial charge in [-0.05, 0) is 25.0 Å². The van der Waals surface area contributed by atoms with Crippen molar-refractivity contribution >= 4 is 23.4 Å². The second-order valence-electron chi connectivity index (χ2n) is 6.05. The number of benzene rings is 1. The van der Waals surface area contributed by atoms with E-state index in [9.17, 15) is 14.4 Å². The third kappa shape index (κ3) is 2.80. The van der Waals surface area contributed by atoms with Gasteiger partial charge in [0, 0.05) is 18.8 Å². The maximum atomic E-state index is 12.5. The van der Waals surface area contributed by atoms with Gasteiger partial charge in [0.2, 0.25) is 11.8 Å². The van der Waals surface area contributed by atoms with Crippen LogP contribution in [0.5, 0.6) is 0 Å². The number of para-hydroxylation sites is 1. The normalized spacial score (nSPS) is 19.3. The minimum Gasteiger partial charge on any atom is -0.342 e. The minimum atomic E-state index is -0.732. The number of rotatable bonds is 3. The molecule has 1 aromatic carbocycles. The summed E-state index contributed by atoms with van der Waals surface area (Å²) < 4.78 is 0. The van der Waals surface area contributed by atoms with E-state index < -0.39 is 17.9 Å². The highest BCUT2D eigenvalue weighted by Gasteiger charge is 2.50. The molecule has 1 spiro atoms. The van der Waals surface area contributed by atoms with Crippen molar-refractivity contribution < 1.29 is 19.6 Å². The highest BCUT2D eigenvalue weighted by molar-refractivity contribution is 5.97. The molecule has 2 fully saturated rings. The number of anilines is 1. The summed E-state index contributed by atoms with van der Waals surface area (Å²) in [4.78, 5) is 39.3. The molecule has 2 aliphatic heterocycles. The van der Waals surface area contributed by atoms with Crippen LogP contribution in [0.3, 0.4) is 0 Å². The van der Waals surface area contributed by atoms with E-state index in [1.807, 2.05) is 30.3 Å². The van der Waals surface area contributed by atoms with Gasteiger partial charge in [-0.1, -0.05) is 18.2 Å². The molecule has 2 saturated heterocycles. The number of hydrogen-bond acceptors (Lipinski definition) is 5. The third-order valence-corrected chi connectivity index (χ3v) is 4.78. The van der Waals surface area contributed by atoms with E-state index in [2.05, 4.69) is 10.2 Å². The molecule has 0 aromatic heterocycles. The quantitative estimate of drug-likeness (QED) is 0.405. The van der Waals surface area contributed by atoms with Gasteiger partial charge >= 0.3 is 0 Å². The molecule has 3 rings (SSSR count). The van der Waals surface area contributed by atoms with Gasteiger partial charge in [0.05, 0.1) is 6.67 Å². The van der Waals surface area contributed by atoms with E-state index in [1.165, 1.54) is 5.48 Å². The highest BCUT2D eigenvalue weighted by Crippen LogP contribution is 2.36. The summed E-state index contributed by atoms with van der Waals surface area (Å²) in [5, 5.41) is 11.4. The molecule has 8 nitrogen and oxygen atoms in total. The lowest BCUT2D eigenvalue weighted by Crippen LogP contribution is -2.57. The Morgan fingerprint density at radius 2 is 1.88 bits per heavy atom. The van der Waals surface area contributed by atoms with Crippen LogP contribution in [0.25, 0.3) is 0 Å². The van der Waals surface area contributed by atoms with Crippen molar-refractivity contribution in [3.8, 4) is 0 Å². The van der Waals surface area contributed by atoms with Crippen molar-refractivity contribution in [2.75, 3.05) is 24.7 Å². The van der Waals surface area contributed by atoms with Gasteiger partial charge in [0.15, 0.2) is 0 Å². The lowest BCUT2D eigenvalue weighted by atomic mass is 9.85. The summed E-state index contributed by atoms with van der Waals surface area (Å²) in [6, 6.07) is 9.71. The molecule has 0 saturated carbocycles. The van der Waals surface area contributed by atoms with Crippen LogP contribution in [0.2, 0.25) is 0 Å². The van der Waals surface area contributed by atoms with Crippen molar-refractivity contribution in [2.45, 2.75) is 24.8 Å². The number of hydrogen-bond donors (Lipinski definition) is 3. The fraction of sp³-hybridized carbons (Fsp3) is 0.438.